The molecule has 36 heavy (non-hydrogen) atoms. The van der Waals surface area contributed by atoms with Gasteiger partial charge in [0.25, 0.3) is 0 Å². The van der Waals surface area contributed by atoms with Crippen molar-refractivity contribution in [3.8, 4) is 6.07 Å². The Balaban J connectivity index is 1.80. The molecule has 2 atom stereocenters. The van der Waals surface area contributed by atoms with E-state index < -0.39 is 10.8 Å². The average Bonchev–Trinajstić information content (AvgIpc) is 3.09. The second-order valence-electron chi connectivity index (χ2n) is 10.2. The maximum Gasteiger partial charge on any atom is 0.244 e. The lowest BCUT2D eigenvalue weighted by molar-refractivity contribution is -0.139. The number of unbranched alkanes of at least 4 members (excludes halogenated alkanes) is 1. The van der Waals surface area contributed by atoms with Crippen LogP contribution in [0.2, 0.25) is 0 Å². The number of nitriles is 1. The molecule has 0 aromatic carbocycles. The topological polar surface area (TPSA) is 115 Å². The van der Waals surface area contributed by atoms with Crippen molar-refractivity contribution in [2.45, 2.75) is 52.4 Å². The van der Waals surface area contributed by atoms with Crippen molar-refractivity contribution in [1.82, 2.24) is 15.2 Å². The van der Waals surface area contributed by atoms with Crippen LogP contribution in [0.1, 0.15) is 52.5 Å². The van der Waals surface area contributed by atoms with Crippen LogP contribution in [-0.2, 0) is 19.8 Å². The molecule has 1 aliphatic carbocycles. The predicted molar refractivity (Wildman–Crippen MR) is 138 cm³/mol. The van der Waals surface area contributed by atoms with E-state index in [-0.39, 0.29) is 30.2 Å². The van der Waals surface area contributed by atoms with Crippen molar-refractivity contribution < 1.29 is 14.4 Å². The summed E-state index contributed by atoms with van der Waals surface area (Å²) < 4.78 is 0. The Kier molecular flexibility index (Phi) is 7.93. The van der Waals surface area contributed by atoms with Gasteiger partial charge in [-0.05, 0) is 31.1 Å². The normalized spacial score (nSPS) is 21.3. The summed E-state index contributed by atoms with van der Waals surface area (Å²) in [6.07, 6.45) is 11.7. The summed E-state index contributed by atoms with van der Waals surface area (Å²) >= 11 is 0. The molecule has 8 nitrogen and oxygen atoms in total. The summed E-state index contributed by atoms with van der Waals surface area (Å²) in [5.74, 6) is -0.563. The summed E-state index contributed by atoms with van der Waals surface area (Å²) in [7, 11) is 0. The second kappa shape index (κ2) is 10.7. The van der Waals surface area contributed by atoms with Gasteiger partial charge in [0.15, 0.2) is 0 Å². The fraction of sp³-hybridized carbons (Fsp3) is 0.393. The number of allylic oxidation sites excluding steroid dienone is 6. The minimum absolute atomic E-state index is 0.166. The van der Waals surface area contributed by atoms with Gasteiger partial charge >= 0.3 is 0 Å². The highest BCUT2D eigenvalue weighted by Crippen LogP contribution is 2.50. The van der Waals surface area contributed by atoms with Crippen molar-refractivity contribution in [3.63, 3.8) is 0 Å². The molecular weight excluding hydrogens is 454 g/mol. The number of hydrogen-bond donors (Lipinski definition) is 2. The third-order valence-corrected chi connectivity index (χ3v) is 6.43. The zero-order valence-electron chi connectivity index (χ0n) is 21.3. The smallest absolute Gasteiger partial charge is 0.244 e. The van der Waals surface area contributed by atoms with Crippen LogP contribution in [0.15, 0.2) is 66.7 Å². The van der Waals surface area contributed by atoms with Crippen LogP contribution in [0.5, 0.6) is 0 Å². The lowest BCUT2D eigenvalue weighted by Gasteiger charge is -2.39. The van der Waals surface area contributed by atoms with E-state index in [0.29, 0.717) is 30.8 Å². The largest absolute Gasteiger partial charge is 0.328 e. The summed E-state index contributed by atoms with van der Waals surface area (Å²) in [6, 6.07) is 5.75. The van der Waals surface area contributed by atoms with Gasteiger partial charge in [-0.2, -0.15) is 5.26 Å². The van der Waals surface area contributed by atoms with Gasteiger partial charge in [-0.15, -0.1) is 0 Å². The van der Waals surface area contributed by atoms with E-state index in [1.54, 1.807) is 57.5 Å². The number of aromatic nitrogens is 1. The number of carbonyl (C=O) groups excluding carboxylic acids is 3. The Bertz CT molecular complexity index is 1200. The molecule has 0 saturated heterocycles. The number of hydrogen-bond acceptors (Lipinski definition) is 5. The first-order valence-corrected chi connectivity index (χ1v) is 12.0. The van der Waals surface area contributed by atoms with Gasteiger partial charge in [-0.25, -0.2) is 4.98 Å². The minimum atomic E-state index is -0.910. The molecule has 0 bridgehead atoms. The number of anilines is 1. The van der Waals surface area contributed by atoms with Crippen LogP contribution in [0.4, 0.5) is 5.82 Å². The van der Waals surface area contributed by atoms with Gasteiger partial charge in [0, 0.05) is 41.4 Å². The molecule has 1 spiro atoms. The lowest BCUT2D eigenvalue weighted by Crippen LogP contribution is -2.48. The Hall–Kier alpha value is -3.99. The van der Waals surface area contributed by atoms with Crippen molar-refractivity contribution in [1.29, 1.82) is 5.26 Å². The van der Waals surface area contributed by atoms with Gasteiger partial charge in [-0.1, -0.05) is 58.1 Å². The van der Waals surface area contributed by atoms with E-state index in [2.05, 4.69) is 28.3 Å². The summed E-state index contributed by atoms with van der Waals surface area (Å²) in [4.78, 5) is 45.0. The summed E-state index contributed by atoms with van der Waals surface area (Å²) in [6.45, 7) is 11.2. The highest BCUT2D eigenvalue weighted by atomic mass is 16.2. The molecule has 2 unspecified atom stereocenters. The molecule has 3 rings (SSSR count). The number of amides is 3. The molecule has 0 fully saturated rings. The van der Waals surface area contributed by atoms with Crippen LogP contribution >= 0.6 is 0 Å². The van der Waals surface area contributed by atoms with Gasteiger partial charge in [0.2, 0.25) is 17.7 Å². The number of nitrogens with one attached hydrogen (secondary N) is 2. The average molecular weight is 488 g/mol. The van der Waals surface area contributed by atoms with Gasteiger partial charge in [0.05, 0.1) is 11.5 Å². The van der Waals surface area contributed by atoms with Crippen LogP contribution in [0, 0.1) is 22.7 Å². The molecule has 1 aromatic heterocycles. The SMILES string of the molecule is C=C1C=C(NC(=O)CN(/C=C\C=C/CCC#N)C(=O)C(C)(C)C)C(C)C2(C1)C(=O)Nc1ncccc12. The standard InChI is InChI=1S/C28H33N5O3/c1-19-16-22(20(2)28(17-19)21-12-11-14-30-24(21)32-25(28)35)31-23(34)18-33(26(36)27(3,4)5)15-10-8-6-7-9-13-29/h6,8,10-12,14-16,20H,1,7,9,17-18H2,2-5H3,(H,31,34)(H,30,32,35)/b8-6-,15-10-. The van der Waals surface area contributed by atoms with Crippen molar-refractivity contribution in [2.24, 2.45) is 11.3 Å². The zero-order valence-corrected chi connectivity index (χ0v) is 21.3. The molecule has 2 N–H and O–H groups in total. The number of fused-ring (bicyclic) bond motifs is 2. The molecule has 3 amide bonds. The van der Waals surface area contributed by atoms with E-state index >= 15 is 0 Å². The molecule has 1 aromatic rings. The van der Waals surface area contributed by atoms with Gasteiger partial charge < -0.3 is 15.5 Å². The van der Waals surface area contributed by atoms with Gasteiger partial charge in [-0.3, -0.25) is 14.4 Å². The fourth-order valence-electron chi connectivity index (χ4n) is 4.58. The fourth-order valence-corrected chi connectivity index (χ4v) is 4.58. The number of nitrogens with zero attached hydrogens (tertiary/aromatic N) is 3. The van der Waals surface area contributed by atoms with E-state index in [1.807, 2.05) is 19.1 Å². The Morgan fingerprint density at radius 2 is 2.14 bits per heavy atom. The lowest BCUT2D eigenvalue weighted by atomic mass is 9.64. The summed E-state index contributed by atoms with van der Waals surface area (Å²) in [5, 5.41) is 14.4. The maximum atomic E-state index is 13.2. The molecular formula is C28H33N5O3. The molecule has 1 aliphatic heterocycles. The van der Waals surface area contributed by atoms with E-state index in [4.69, 9.17) is 5.26 Å². The molecule has 188 valence electrons. The highest BCUT2D eigenvalue weighted by molar-refractivity contribution is 6.06. The second-order valence-corrected chi connectivity index (χ2v) is 10.2. The van der Waals surface area contributed by atoms with E-state index in [1.165, 1.54) is 4.90 Å². The first kappa shape index (κ1) is 26.6. The number of carbonyl (C=O) groups is 3. The molecule has 0 saturated carbocycles. The van der Waals surface area contributed by atoms with Gasteiger partial charge in [0.1, 0.15) is 12.4 Å². The first-order valence-electron chi connectivity index (χ1n) is 12.0. The Morgan fingerprint density at radius 3 is 2.83 bits per heavy atom. The van der Waals surface area contributed by atoms with Crippen LogP contribution in [0.3, 0.4) is 0 Å². The third-order valence-electron chi connectivity index (χ3n) is 6.43. The van der Waals surface area contributed by atoms with Crippen LogP contribution < -0.4 is 10.6 Å². The maximum absolute atomic E-state index is 13.2. The van der Waals surface area contributed by atoms with Crippen LogP contribution in [-0.4, -0.2) is 34.2 Å². The highest BCUT2D eigenvalue weighted by Gasteiger charge is 2.54. The Morgan fingerprint density at radius 1 is 1.39 bits per heavy atom. The molecule has 2 aliphatic rings. The Labute approximate surface area is 212 Å². The molecule has 0 radical (unpaired) electrons. The van der Waals surface area contributed by atoms with E-state index in [9.17, 15) is 14.4 Å². The summed E-state index contributed by atoms with van der Waals surface area (Å²) in [5.41, 5.74) is 0.488. The molecule has 2 heterocycles. The monoisotopic (exact) mass is 487 g/mol. The minimum Gasteiger partial charge on any atom is -0.328 e. The zero-order chi connectivity index (χ0) is 26.5. The third kappa shape index (κ3) is 5.46. The number of rotatable bonds is 7. The van der Waals surface area contributed by atoms with Crippen molar-refractivity contribution in [2.75, 3.05) is 11.9 Å². The quantitative estimate of drug-likeness (QED) is 0.444. The van der Waals surface area contributed by atoms with Crippen molar-refractivity contribution >= 4 is 23.5 Å². The number of pyridine rings is 1. The first-order chi connectivity index (χ1) is 17.0. The van der Waals surface area contributed by atoms with E-state index in [0.717, 1.165) is 11.1 Å². The van der Waals surface area contributed by atoms with Crippen LogP contribution in [0.25, 0.3) is 0 Å². The predicted octanol–water partition coefficient (Wildman–Crippen LogP) is 4.12. The van der Waals surface area contributed by atoms with Crippen molar-refractivity contribution in [3.05, 3.63) is 72.2 Å². The molecule has 8 heteroatoms.